The zero-order chi connectivity index (χ0) is 8.97. The second-order valence-electron chi connectivity index (χ2n) is 2.48. The van der Waals surface area contributed by atoms with Gasteiger partial charge in [0.05, 0.1) is 10.7 Å². The Morgan fingerprint density at radius 1 is 1.75 bits per heavy atom. The highest BCUT2D eigenvalue weighted by atomic mass is 32.1. The highest BCUT2D eigenvalue weighted by Gasteiger charge is 1.96. The minimum atomic E-state index is 0.764. The van der Waals surface area contributed by atoms with Gasteiger partial charge in [0.2, 0.25) is 0 Å². The molecule has 0 aliphatic heterocycles. The molecular formula is C9H11NOS. The molecule has 0 unspecified atom stereocenters. The number of hydrogen-bond donors (Lipinski definition) is 0. The van der Waals surface area contributed by atoms with Gasteiger partial charge in [-0.15, -0.1) is 11.3 Å². The van der Waals surface area contributed by atoms with Crippen molar-refractivity contribution < 1.29 is 4.79 Å². The van der Waals surface area contributed by atoms with Gasteiger partial charge in [-0.25, -0.2) is 4.98 Å². The maximum atomic E-state index is 10.5. The molecule has 64 valence electrons. The van der Waals surface area contributed by atoms with E-state index in [1.54, 1.807) is 11.3 Å². The Morgan fingerprint density at radius 2 is 2.50 bits per heavy atom. The second kappa shape index (κ2) is 4.16. The van der Waals surface area contributed by atoms with Gasteiger partial charge in [-0.2, -0.15) is 0 Å². The fourth-order valence-corrected chi connectivity index (χ4v) is 1.43. The van der Waals surface area contributed by atoms with E-state index < -0.39 is 0 Å². The van der Waals surface area contributed by atoms with Crippen molar-refractivity contribution in [1.82, 2.24) is 4.98 Å². The lowest BCUT2D eigenvalue weighted by Crippen LogP contribution is -1.82. The quantitative estimate of drug-likeness (QED) is 0.529. The molecule has 1 rings (SSSR count). The van der Waals surface area contributed by atoms with Crippen molar-refractivity contribution in [3.8, 4) is 0 Å². The van der Waals surface area contributed by atoms with E-state index in [0.29, 0.717) is 0 Å². The van der Waals surface area contributed by atoms with Gasteiger partial charge in [-0.05, 0) is 25.0 Å². The summed E-state index contributed by atoms with van der Waals surface area (Å²) >= 11 is 1.60. The van der Waals surface area contributed by atoms with Crippen molar-refractivity contribution in [2.24, 2.45) is 0 Å². The molecule has 3 heteroatoms. The van der Waals surface area contributed by atoms with Gasteiger partial charge in [-0.3, -0.25) is 4.79 Å². The minimum absolute atomic E-state index is 0.764. The lowest BCUT2D eigenvalue weighted by Gasteiger charge is -1.89. The van der Waals surface area contributed by atoms with Gasteiger partial charge in [0.1, 0.15) is 6.29 Å². The van der Waals surface area contributed by atoms with Gasteiger partial charge in [-0.1, -0.05) is 6.92 Å². The molecule has 1 aromatic heterocycles. The van der Waals surface area contributed by atoms with Crippen molar-refractivity contribution in [3.63, 3.8) is 0 Å². The summed E-state index contributed by atoms with van der Waals surface area (Å²) in [6.07, 6.45) is 3.48. The average Bonchev–Trinajstić information content (AvgIpc) is 2.47. The van der Waals surface area contributed by atoms with E-state index in [0.717, 1.165) is 29.0 Å². The first-order valence-corrected chi connectivity index (χ1v) is 4.72. The largest absolute Gasteiger partial charge is 0.298 e. The monoisotopic (exact) mass is 181 g/mol. The molecule has 0 aromatic carbocycles. The zero-order valence-electron chi connectivity index (χ0n) is 7.20. The molecule has 0 amide bonds. The van der Waals surface area contributed by atoms with Gasteiger partial charge < -0.3 is 0 Å². The number of aldehydes is 1. The highest BCUT2D eigenvalue weighted by Crippen LogP contribution is 2.11. The molecule has 0 atom stereocenters. The number of carbonyl (C=O) groups is 1. The first kappa shape index (κ1) is 9.13. The predicted molar refractivity (Wildman–Crippen MR) is 51.2 cm³/mol. The molecule has 1 aromatic rings. The molecule has 0 radical (unpaired) electrons. The van der Waals surface area contributed by atoms with Crippen LogP contribution in [0.3, 0.4) is 0 Å². The molecular weight excluding hydrogens is 170 g/mol. The molecule has 0 saturated heterocycles. The Kier molecular flexibility index (Phi) is 3.17. The van der Waals surface area contributed by atoms with Crippen molar-refractivity contribution in [2.75, 3.05) is 0 Å². The number of nitrogens with zero attached hydrogens (tertiary/aromatic N) is 1. The third-order valence-corrected chi connectivity index (χ3v) is 2.32. The zero-order valence-corrected chi connectivity index (χ0v) is 8.02. The van der Waals surface area contributed by atoms with Crippen LogP contribution in [0.5, 0.6) is 0 Å². The number of aryl methyl sites for hydroxylation is 1. The summed E-state index contributed by atoms with van der Waals surface area (Å²) in [7, 11) is 0. The summed E-state index contributed by atoms with van der Waals surface area (Å²) in [4.78, 5) is 14.7. The van der Waals surface area contributed by atoms with Crippen LogP contribution in [0.4, 0.5) is 0 Å². The van der Waals surface area contributed by atoms with Crippen LogP contribution in [-0.4, -0.2) is 11.3 Å². The number of hydrogen-bond acceptors (Lipinski definition) is 3. The van der Waals surface area contributed by atoms with E-state index in [-0.39, 0.29) is 0 Å². The van der Waals surface area contributed by atoms with E-state index in [1.807, 2.05) is 25.3 Å². The topological polar surface area (TPSA) is 30.0 Å². The van der Waals surface area contributed by atoms with Gasteiger partial charge in [0, 0.05) is 5.38 Å². The maximum Gasteiger partial charge on any atom is 0.146 e. The van der Waals surface area contributed by atoms with Crippen molar-refractivity contribution >= 4 is 23.7 Å². The van der Waals surface area contributed by atoms with E-state index in [2.05, 4.69) is 4.98 Å². The lowest BCUT2D eigenvalue weighted by atomic mass is 10.2. The third kappa shape index (κ3) is 2.27. The molecule has 0 bridgehead atoms. The number of allylic oxidation sites excluding steroid dienone is 1. The Labute approximate surface area is 76.0 Å². The Bertz CT molecular complexity index is 301. The van der Waals surface area contributed by atoms with Crippen LogP contribution in [0.25, 0.3) is 6.08 Å². The van der Waals surface area contributed by atoms with Gasteiger partial charge in [0.15, 0.2) is 0 Å². The summed E-state index contributed by atoms with van der Waals surface area (Å²) in [6, 6.07) is 0. The normalized spacial score (nSPS) is 11.7. The molecule has 0 saturated carbocycles. The number of rotatable bonds is 3. The van der Waals surface area contributed by atoms with E-state index >= 15 is 0 Å². The fraction of sp³-hybridized carbons (Fsp3) is 0.333. The van der Waals surface area contributed by atoms with Crippen LogP contribution < -0.4 is 0 Å². The summed E-state index contributed by atoms with van der Waals surface area (Å²) < 4.78 is 0. The van der Waals surface area contributed by atoms with Crippen LogP contribution in [0, 0.1) is 6.92 Å². The van der Waals surface area contributed by atoms with Crippen LogP contribution in [0.15, 0.2) is 11.0 Å². The van der Waals surface area contributed by atoms with Gasteiger partial charge in [0.25, 0.3) is 0 Å². The maximum absolute atomic E-state index is 10.5. The highest BCUT2D eigenvalue weighted by molar-refractivity contribution is 7.09. The van der Waals surface area contributed by atoms with Crippen molar-refractivity contribution in [3.05, 3.63) is 21.7 Å². The fourth-order valence-electron chi connectivity index (χ4n) is 0.856. The molecule has 0 N–H and O–H groups in total. The Hall–Kier alpha value is -0.960. The molecule has 0 aliphatic rings. The second-order valence-corrected chi connectivity index (χ2v) is 3.54. The number of thiazole rings is 1. The van der Waals surface area contributed by atoms with Crippen LogP contribution in [-0.2, 0) is 4.79 Å². The molecule has 0 aliphatic carbocycles. The SMILES string of the molecule is CCC(C=O)=Cc1csc(C)n1. The molecule has 0 fully saturated rings. The molecule has 0 spiro atoms. The summed E-state index contributed by atoms with van der Waals surface area (Å²) in [5.74, 6) is 0. The Morgan fingerprint density at radius 3 is 2.92 bits per heavy atom. The van der Waals surface area contributed by atoms with Crippen LogP contribution in [0.2, 0.25) is 0 Å². The average molecular weight is 181 g/mol. The first-order valence-electron chi connectivity index (χ1n) is 3.84. The van der Waals surface area contributed by atoms with E-state index in [4.69, 9.17) is 0 Å². The van der Waals surface area contributed by atoms with E-state index in [9.17, 15) is 4.79 Å². The van der Waals surface area contributed by atoms with Crippen molar-refractivity contribution in [1.29, 1.82) is 0 Å². The predicted octanol–water partition coefficient (Wildman–Crippen LogP) is 2.44. The van der Waals surface area contributed by atoms with Crippen molar-refractivity contribution in [2.45, 2.75) is 20.3 Å². The lowest BCUT2D eigenvalue weighted by molar-refractivity contribution is -0.104. The standard InChI is InChI=1S/C9H11NOS/c1-3-8(5-11)4-9-6-12-7(2)10-9/h4-6H,3H2,1-2H3. The van der Waals surface area contributed by atoms with Crippen LogP contribution >= 0.6 is 11.3 Å². The minimum Gasteiger partial charge on any atom is -0.298 e. The number of carbonyl (C=O) groups excluding carboxylic acids is 1. The van der Waals surface area contributed by atoms with Gasteiger partial charge >= 0.3 is 0 Å². The summed E-state index contributed by atoms with van der Waals surface area (Å²) in [5, 5.41) is 2.98. The third-order valence-electron chi connectivity index (χ3n) is 1.53. The molecule has 2 nitrogen and oxygen atoms in total. The van der Waals surface area contributed by atoms with E-state index in [1.165, 1.54) is 0 Å². The molecule has 1 heterocycles. The number of aromatic nitrogens is 1. The summed E-state index contributed by atoms with van der Waals surface area (Å²) in [6.45, 7) is 3.91. The molecule has 12 heavy (non-hydrogen) atoms. The van der Waals surface area contributed by atoms with Crippen LogP contribution in [0.1, 0.15) is 24.0 Å². The first-order chi connectivity index (χ1) is 5.76. The Balaban J connectivity index is 2.85. The summed E-state index contributed by atoms with van der Waals surface area (Å²) in [5.41, 5.74) is 1.68. The smallest absolute Gasteiger partial charge is 0.146 e.